The number of amides is 1. The number of aromatic nitrogens is 3. The zero-order chi connectivity index (χ0) is 14.5. The van der Waals surface area contributed by atoms with E-state index >= 15 is 0 Å². The Labute approximate surface area is 125 Å². The van der Waals surface area contributed by atoms with Crippen LogP contribution >= 0.6 is 11.3 Å². The van der Waals surface area contributed by atoms with E-state index < -0.39 is 0 Å². The number of hydrogen-bond donors (Lipinski definition) is 1. The van der Waals surface area contributed by atoms with Gasteiger partial charge in [0.2, 0.25) is 0 Å². The van der Waals surface area contributed by atoms with Gasteiger partial charge < -0.3 is 5.32 Å². The monoisotopic (exact) mass is 296 g/mol. The third-order valence-electron chi connectivity index (χ3n) is 2.82. The first-order valence-electron chi connectivity index (χ1n) is 6.36. The SMILES string of the molecule is O=C(NCc1cccnc1)c1csc(-c2cccnc2)n1. The molecule has 1 N–H and O–H groups in total. The van der Waals surface area contributed by atoms with Crippen molar-refractivity contribution in [3.63, 3.8) is 0 Å². The molecule has 0 aromatic carbocycles. The largest absolute Gasteiger partial charge is 0.347 e. The Kier molecular flexibility index (Phi) is 3.97. The lowest BCUT2D eigenvalue weighted by molar-refractivity contribution is 0.0946. The first-order chi connectivity index (χ1) is 10.3. The smallest absolute Gasteiger partial charge is 0.271 e. The Balaban J connectivity index is 1.67. The van der Waals surface area contributed by atoms with E-state index in [1.54, 1.807) is 30.2 Å². The molecule has 0 fully saturated rings. The van der Waals surface area contributed by atoms with Gasteiger partial charge in [0.15, 0.2) is 0 Å². The highest BCUT2D eigenvalue weighted by atomic mass is 32.1. The molecule has 3 aromatic rings. The second-order valence-electron chi connectivity index (χ2n) is 4.32. The standard InChI is InChI=1S/C15H12N4OS/c20-14(18-8-11-3-1-5-16-7-11)13-10-21-15(19-13)12-4-2-6-17-9-12/h1-7,9-10H,8H2,(H,18,20). The van der Waals surface area contributed by atoms with E-state index in [1.807, 2.05) is 24.3 Å². The van der Waals surface area contributed by atoms with Crippen LogP contribution in [0.1, 0.15) is 16.1 Å². The Bertz CT molecular complexity index is 728. The first kappa shape index (κ1) is 13.4. The van der Waals surface area contributed by atoms with E-state index in [2.05, 4.69) is 20.3 Å². The summed E-state index contributed by atoms with van der Waals surface area (Å²) in [4.78, 5) is 24.5. The van der Waals surface area contributed by atoms with Crippen LogP contribution in [0.5, 0.6) is 0 Å². The molecule has 5 nitrogen and oxygen atoms in total. The van der Waals surface area contributed by atoms with Gasteiger partial charge in [0.05, 0.1) is 0 Å². The minimum Gasteiger partial charge on any atom is -0.347 e. The van der Waals surface area contributed by atoms with E-state index in [0.29, 0.717) is 12.2 Å². The predicted octanol–water partition coefficient (Wildman–Crippen LogP) is 2.53. The van der Waals surface area contributed by atoms with E-state index in [4.69, 9.17) is 0 Å². The third kappa shape index (κ3) is 3.29. The molecule has 0 aliphatic carbocycles. The average molecular weight is 296 g/mol. The molecule has 0 saturated carbocycles. The van der Waals surface area contributed by atoms with E-state index in [9.17, 15) is 4.79 Å². The summed E-state index contributed by atoms with van der Waals surface area (Å²) in [6.45, 7) is 0.437. The molecule has 0 aliphatic rings. The van der Waals surface area contributed by atoms with Gasteiger partial charge in [0.25, 0.3) is 5.91 Å². The molecule has 0 atom stereocenters. The second-order valence-corrected chi connectivity index (χ2v) is 5.18. The summed E-state index contributed by atoms with van der Waals surface area (Å²) in [7, 11) is 0. The summed E-state index contributed by atoms with van der Waals surface area (Å²) in [6, 6.07) is 7.52. The van der Waals surface area contributed by atoms with Crippen molar-refractivity contribution in [1.29, 1.82) is 0 Å². The number of carbonyl (C=O) groups is 1. The number of rotatable bonds is 4. The van der Waals surface area contributed by atoms with Crippen LogP contribution in [0.3, 0.4) is 0 Å². The molecular formula is C15H12N4OS. The Morgan fingerprint density at radius 1 is 1.14 bits per heavy atom. The lowest BCUT2D eigenvalue weighted by atomic mass is 10.3. The van der Waals surface area contributed by atoms with Crippen molar-refractivity contribution in [3.05, 3.63) is 65.7 Å². The highest BCUT2D eigenvalue weighted by Crippen LogP contribution is 2.22. The number of carbonyl (C=O) groups excluding carboxylic acids is 1. The molecule has 0 saturated heterocycles. The number of nitrogens with one attached hydrogen (secondary N) is 1. The summed E-state index contributed by atoms with van der Waals surface area (Å²) in [5, 5.41) is 5.37. The van der Waals surface area contributed by atoms with Gasteiger partial charge in [-0.15, -0.1) is 11.3 Å². The lowest BCUT2D eigenvalue weighted by Gasteiger charge is -2.02. The fraction of sp³-hybridized carbons (Fsp3) is 0.0667. The normalized spacial score (nSPS) is 10.3. The van der Waals surface area contributed by atoms with Gasteiger partial charge in [-0.3, -0.25) is 14.8 Å². The van der Waals surface area contributed by atoms with Crippen molar-refractivity contribution in [3.8, 4) is 10.6 Å². The highest BCUT2D eigenvalue weighted by molar-refractivity contribution is 7.13. The van der Waals surface area contributed by atoms with Gasteiger partial charge in [-0.05, 0) is 23.8 Å². The first-order valence-corrected chi connectivity index (χ1v) is 7.24. The summed E-state index contributed by atoms with van der Waals surface area (Å²) < 4.78 is 0. The van der Waals surface area contributed by atoms with Gasteiger partial charge in [0, 0.05) is 42.3 Å². The Morgan fingerprint density at radius 2 is 1.95 bits per heavy atom. The zero-order valence-corrected chi connectivity index (χ0v) is 11.9. The minimum absolute atomic E-state index is 0.190. The van der Waals surface area contributed by atoms with Crippen LogP contribution in [0.4, 0.5) is 0 Å². The maximum absolute atomic E-state index is 12.1. The summed E-state index contributed by atoms with van der Waals surface area (Å²) in [5.41, 5.74) is 2.28. The number of pyridine rings is 2. The highest BCUT2D eigenvalue weighted by Gasteiger charge is 2.11. The number of hydrogen-bond acceptors (Lipinski definition) is 5. The lowest BCUT2D eigenvalue weighted by Crippen LogP contribution is -2.23. The maximum atomic E-state index is 12.1. The summed E-state index contributed by atoms with van der Waals surface area (Å²) in [6.07, 6.45) is 6.86. The van der Waals surface area contributed by atoms with Crippen LogP contribution in [0.25, 0.3) is 10.6 Å². The molecule has 0 aliphatic heterocycles. The molecule has 3 heterocycles. The fourth-order valence-electron chi connectivity index (χ4n) is 1.78. The van der Waals surface area contributed by atoms with E-state index in [1.165, 1.54) is 11.3 Å². The van der Waals surface area contributed by atoms with E-state index in [0.717, 1.165) is 16.1 Å². The molecular weight excluding hydrogens is 284 g/mol. The molecule has 6 heteroatoms. The summed E-state index contributed by atoms with van der Waals surface area (Å²) >= 11 is 1.43. The topological polar surface area (TPSA) is 67.8 Å². The van der Waals surface area contributed by atoms with Crippen LogP contribution in [0.15, 0.2) is 54.4 Å². The molecule has 0 unspecified atom stereocenters. The van der Waals surface area contributed by atoms with Crippen molar-refractivity contribution in [2.75, 3.05) is 0 Å². The van der Waals surface area contributed by atoms with Crippen molar-refractivity contribution in [1.82, 2.24) is 20.3 Å². The molecule has 0 bridgehead atoms. The summed E-state index contributed by atoms with van der Waals surface area (Å²) in [5.74, 6) is -0.190. The van der Waals surface area contributed by atoms with Crippen molar-refractivity contribution in [2.45, 2.75) is 6.54 Å². The molecule has 104 valence electrons. The Morgan fingerprint density at radius 3 is 2.67 bits per heavy atom. The number of nitrogens with zero attached hydrogens (tertiary/aromatic N) is 3. The van der Waals surface area contributed by atoms with Gasteiger partial charge in [0.1, 0.15) is 10.7 Å². The van der Waals surface area contributed by atoms with Gasteiger partial charge >= 0.3 is 0 Å². The molecule has 0 radical (unpaired) electrons. The molecule has 3 rings (SSSR count). The Hall–Kier alpha value is -2.60. The third-order valence-corrected chi connectivity index (χ3v) is 3.71. The minimum atomic E-state index is -0.190. The molecule has 0 spiro atoms. The van der Waals surface area contributed by atoms with Crippen LogP contribution < -0.4 is 5.32 Å². The van der Waals surface area contributed by atoms with Gasteiger partial charge in [-0.1, -0.05) is 6.07 Å². The average Bonchev–Trinajstić information content (AvgIpc) is 3.04. The van der Waals surface area contributed by atoms with Crippen molar-refractivity contribution < 1.29 is 4.79 Å². The van der Waals surface area contributed by atoms with Crippen LogP contribution in [0, 0.1) is 0 Å². The fourth-order valence-corrected chi connectivity index (χ4v) is 2.57. The quantitative estimate of drug-likeness (QED) is 0.803. The zero-order valence-electron chi connectivity index (χ0n) is 11.1. The molecule has 1 amide bonds. The van der Waals surface area contributed by atoms with Gasteiger partial charge in [-0.2, -0.15) is 0 Å². The second kappa shape index (κ2) is 6.23. The van der Waals surface area contributed by atoms with Gasteiger partial charge in [-0.25, -0.2) is 4.98 Å². The maximum Gasteiger partial charge on any atom is 0.271 e. The van der Waals surface area contributed by atoms with Crippen LogP contribution in [0.2, 0.25) is 0 Å². The van der Waals surface area contributed by atoms with Crippen LogP contribution in [-0.4, -0.2) is 20.9 Å². The van der Waals surface area contributed by atoms with Crippen LogP contribution in [-0.2, 0) is 6.54 Å². The molecule has 3 aromatic heterocycles. The van der Waals surface area contributed by atoms with E-state index in [-0.39, 0.29) is 5.91 Å². The van der Waals surface area contributed by atoms with Crippen molar-refractivity contribution >= 4 is 17.2 Å². The predicted molar refractivity (Wildman–Crippen MR) is 80.8 cm³/mol. The number of thiazole rings is 1. The molecule has 21 heavy (non-hydrogen) atoms. The van der Waals surface area contributed by atoms with Crippen molar-refractivity contribution in [2.24, 2.45) is 0 Å².